The van der Waals surface area contributed by atoms with Crippen molar-refractivity contribution in [3.63, 3.8) is 0 Å². The fraction of sp³-hybridized carbons (Fsp3) is 0.636. The predicted octanol–water partition coefficient (Wildman–Crippen LogP) is 0.285. The molecule has 0 saturated heterocycles. The van der Waals surface area contributed by atoms with Crippen molar-refractivity contribution >= 4 is 11.9 Å². The summed E-state index contributed by atoms with van der Waals surface area (Å²) in [6, 6.07) is 0. The highest BCUT2D eigenvalue weighted by molar-refractivity contribution is 5.75. The zero-order chi connectivity index (χ0) is 13.4. The van der Waals surface area contributed by atoms with E-state index < -0.39 is 5.97 Å². The number of amides is 1. The van der Waals surface area contributed by atoms with Crippen LogP contribution >= 0.6 is 0 Å². The van der Waals surface area contributed by atoms with E-state index in [-0.39, 0.29) is 18.2 Å². The van der Waals surface area contributed by atoms with E-state index in [1.54, 1.807) is 17.1 Å². The second kappa shape index (κ2) is 7.41. The molecule has 100 valence electrons. The van der Waals surface area contributed by atoms with Gasteiger partial charge < -0.3 is 10.4 Å². The van der Waals surface area contributed by atoms with E-state index in [0.29, 0.717) is 19.5 Å². The summed E-state index contributed by atoms with van der Waals surface area (Å²) in [5.74, 6) is -0.953. The Kier molecular flexibility index (Phi) is 5.83. The highest BCUT2D eigenvalue weighted by Gasteiger charge is 2.12. The molecule has 2 N–H and O–H groups in total. The lowest BCUT2D eigenvalue weighted by Crippen LogP contribution is -2.30. The first-order valence-corrected chi connectivity index (χ1v) is 5.94. The SMILES string of the molecule is CCC(CNC(=O)CCn1ccnn1)CC(=O)O. The zero-order valence-corrected chi connectivity index (χ0v) is 10.4. The summed E-state index contributed by atoms with van der Waals surface area (Å²) in [7, 11) is 0. The first-order valence-electron chi connectivity index (χ1n) is 5.94. The third-order valence-electron chi connectivity index (χ3n) is 2.67. The smallest absolute Gasteiger partial charge is 0.303 e. The van der Waals surface area contributed by atoms with Crippen molar-refractivity contribution in [1.29, 1.82) is 0 Å². The first-order chi connectivity index (χ1) is 8.61. The van der Waals surface area contributed by atoms with E-state index in [0.717, 1.165) is 6.42 Å². The molecule has 0 aliphatic rings. The number of aromatic nitrogens is 3. The van der Waals surface area contributed by atoms with Gasteiger partial charge in [-0.1, -0.05) is 18.6 Å². The second-order valence-electron chi connectivity index (χ2n) is 4.09. The quantitative estimate of drug-likeness (QED) is 0.694. The maximum absolute atomic E-state index is 11.5. The van der Waals surface area contributed by atoms with Crippen LogP contribution < -0.4 is 5.32 Å². The fourth-order valence-corrected chi connectivity index (χ4v) is 1.52. The molecule has 0 aliphatic carbocycles. The van der Waals surface area contributed by atoms with Crippen molar-refractivity contribution in [3.8, 4) is 0 Å². The van der Waals surface area contributed by atoms with Gasteiger partial charge in [0, 0.05) is 25.6 Å². The summed E-state index contributed by atoms with van der Waals surface area (Å²) in [6.45, 7) is 2.79. The van der Waals surface area contributed by atoms with Crippen molar-refractivity contribution < 1.29 is 14.7 Å². The molecule has 0 aromatic carbocycles. The highest BCUT2D eigenvalue weighted by atomic mass is 16.4. The molecular weight excluding hydrogens is 236 g/mol. The number of hydrogen-bond donors (Lipinski definition) is 2. The molecule has 7 nitrogen and oxygen atoms in total. The van der Waals surface area contributed by atoms with Crippen molar-refractivity contribution in [2.45, 2.75) is 32.7 Å². The Labute approximate surface area is 105 Å². The number of hydrogen-bond acceptors (Lipinski definition) is 4. The molecule has 0 bridgehead atoms. The number of nitrogens with zero attached hydrogens (tertiary/aromatic N) is 3. The molecule has 0 aliphatic heterocycles. The van der Waals surface area contributed by atoms with Crippen LogP contribution in [0.2, 0.25) is 0 Å². The molecule has 1 unspecified atom stereocenters. The molecule has 18 heavy (non-hydrogen) atoms. The van der Waals surface area contributed by atoms with Crippen molar-refractivity contribution in [3.05, 3.63) is 12.4 Å². The third kappa shape index (κ3) is 5.42. The van der Waals surface area contributed by atoms with Gasteiger partial charge in [0.2, 0.25) is 5.91 Å². The molecule has 1 heterocycles. The van der Waals surface area contributed by atoms with Gasteiger partial charge in [0.1, 0.15) is 0 Å². The normalized spacial score (nSPS) is 12.1. The fourth-order valence-electron chi connectivity index (χ4n) is 1.52. The van der Waals surface area contributed by atoms with Crippen LogP contribution in [-0.4, -0.2) is 38.5 Å². The summed E-state index contributed by atoms with van der Waals surface area (Å²) in [4.78, 5) is 22.1. The van der Waals surface area contributed by atoms with Crippen LogP contribution in [0.1, 0.15) is 26.2 Å². The molecule has 1 atom stereocenters. The van der Waals surface area contributed by atoms with Crippen LogP contribution in [0.15, 0.2) is 12.4 Å². The van der Waals surface area contributed by atoms with Gasteiger partial charge in [0.05, 0.1) is 12.7 Å². The largest absolute Gasteiger partial charge is 0.481 e. The molecule has 7 heteroatoms. The number of aryl methyl sites for hydroxylation is 1. The van der Waals surface area contributed by atoms with Crippen LogP contribution in [-0.2, 0) is 16.1 Å². The van der Waals surface area contributed by atoms with Gasteiger partial charge in [0.25, 0.3) is 0 Å². The molecule has 1 aromatic heterocycles. The number of rotatable bonds is 8. The van der Waals surface area contributed by atoms with Gasteiger partial charge in [-0.05, 0) is 5.92 Å². The number of nitrogens with one attached hydrogen (secondary N) is 1. The van der Waals surface area contributed by atoms with E-state index >= 15 is 0 Å². The van der Waals surface area contributed by atoms with Crippen molar-refractivity contribution in [2.24, 2.45) is 5.92 Å². The van der Waals surface area contributed by atoms with E-state index in [9.17, 15) is 9.59 Å². The van der Waals surface area contributed by atoms with Crippen LogP contribution in [0.25, 0.3) is 0 Å². The van der Waals surface area contributed by atoms with Crippen molar-refractivity contribution in [2.75, 3.05) is 6.54 Å². The minimum Gasteiger partial charge on any atom is -0.481 e. The van der Waals surface area contributed by atoms with E-state index in [1.807, 2.05) is 6.92 Å². The molecule has 1 aromatic rings. The van der Waals surface area contributed by atoms with Gasteiger partial charge in [-0.25, -0.2) is 0 Å². The second-order valence-corrected chi connectivity index (χ2v) is 4.09. The van der Waals surface area contributed by atoms with Gasteiger partial charge in [0.15, 0.2) is 0 Å². The molecule has 1 amide bonds. The maximum Gasteiger partial charge on any atom is 0.303 e. The summed E-state index contributed by atoms with van der Waals surface area (Å²) in [5, 5.41) is 18.8. The first kappa shape index (κ1) is 14.1. The Morgan fingerprint density at radius 3 is 2.83 bits per heavy atom. The van der Waals surface area contributed by atoms with E-state index in [1.165, 1.54) is 0 Å². The van der Waals surface area contributed by atoms with Gasteiger partial charge >= 0.3 is 5.97 Å². The monoisotopic (exact) mass is 254 g/mol. The number of aliphatic carboxylic acids is 1. The Morgan fingerprint density at radius 2 is 2.28 bits per heavy atom. The van der Waals surface area contributed by atoms with Crippen LogP contribution in [0, 0.1) is 5.92 Å². The number of carboxylic acids is 1. The van der Waals surface area contributed by atoms with Gasteiger partial charge in [-0.2, -0.15) is 0 Å². The lowest BCUT2D eigenvalue weighted by molar-refractivity contribution is -0.138. The minimum absolute atomic E-state index is 0.0159. The number of carboxylic acid groups (broad SMARTS) is 1. The van der Waals surface area contributed by atoms with Crippen LogP contribution in [0.3, 0.4) is 0 Å². The average Bonchev–Trinajstić information content (AvgIpc) is 2.84. The Bertz CT molecular complexity index is 378. The minimum atomic E-state index is -0.835. The summed E-state index contributed by atoms with van der Waals surface area (Å²) < 4.78 is 1.58. The predicted molar refractivity (Wildman–Crippen MR) is 63.7 cm³/mol. The van der Waals surface area contributed by atoms with Gasteiger partial charge in [-0.3, -0.25) is 14.3 Å². The Morgan fingerprint density at radius 1 is 1.50 bits per heavy atom. The molecule has 0 spiro atoms. The summed E-state index contributed by atoms with van der Waals surface area (Å²) >= 11 is 0. The molecule has 0 fully saturated rings. The van der Waals surface area contributed by atoms with Crippen LogP contribution in [0.5, 0.6) is 0 Å². The summed E-state index contributed by atoms with van der Waals surface area (Å²) in [6.07, 6.45) is 4.37. The standard InChI is InChI=1S/C11H18N4O3/c1-2-9(7-11(17)18)8-12-10(16)3-5-15-6-4-13-14-15/h4,6,9H,2-3,5,7-8H2,1H3,(H,12,16)(H,17,18). The molecule has 0 radical (unpaired) electrons. The van der Waals surface area contributed by atoms with E-state index in [2.05, 4.69) is 15.6 Å². The maximum atomic E-state index is 11.5. The van der Waals surface area contributed by atoms with E-state index in [4.69, 9.17) is 5.11 Å². The third-order valence-corrected chi connectivity index (χ3v) is 2.67. The lowest BCUT2D eigenvalue weighted by atomic mass is 10.0. The zero-order valence-electron chi connectivity index (χ0n) is 10.4. The highest BCUT2D eigenvalue weighted by Crippen LogP contribution is 2.06. The number of carbonyl (C=O) groups excluding carboxylic acids is 1. The average molecular weight is 254 g/mol. The summed E-state index contributed by atoms with van der Waals surface area (Å²) in [5.41, 5.74) is 0. The Hall–Kier alpha value is -1.92. The number of carbonyl (C=O) groups is 2. The van der Waals surface area contributed by atoms with Gasteiger partial charge in [-0.15, -0.1) is 5.10 Å². The van der Waals surface area contributed by atoms with Crippen LogP contribution in [0.4, 0.5) is 0 Å². The molecule has 0 saturated carbocycles. The molecular formula is C11H18N4O3. The topological polar surface area (TPSA) is 97.1 Å². The Balaban J connectivity index is 2.21. The van der Waals surface area contributed by atoms with Crippen molar-refractivity contribution in [1.82, 2.24) is 20.3 Å². The molecule has 1 rings (SSSR count). The lowest BCUT2D eigenvalue weighted by Gasteiger charge is -2.13.